The number of carbonyl (C=O) groups excluding carboxylic acids is 2. The first-order valence-corrected chi connectivity index (χ1v) is 8.47. The molecule has 0 saturated carbocycles. The second-order valence-corrected chi connectivity index (χ2v) is 6.28. The van der Waals surface area contributed by atoms with Gasteiger partial charge in [0.15, 0.2) is 12.4 Å². The summed E-state index contributed by atoms with van der Waals surface area (Å²) < 4.78 is 18.9. The van der Waals surface area contributed by atoms with Gasteiger partial charge in [-0.3, -0.25) is 9.59 Å². The molecule has 4 rings (SSSR count). The number of ether oxygens (including phenoxy) is 1. The van der Waals surface area contributed by atoms with E-state index in [2.05, 4.69) is 10.2 Å². The van der Waals surface area contributed by atoms with Crippen molar-refractivity contribution in [3.05, 3.63) is 53.8 Å². The number of amides is 2. The Labute approximate surface area is 150 Å². The zero-order chi connectivity index (χ0) is 18.1. The summed E-state index contributed by atoms with van der Waals surface area (Å²) in [5, 5.41) is 2.80. The number of fused-ring (bicyclic) bond motifs is 1. The summed E-state index contributed by atoms with van der Waals surface area (Å²) in [5.74, 6) is -0.0792. The summed E-state index contributed by atoms with van der Waals surface area (Å²) >= 11 is 0. The average molecular weight is 355 g/mol. The van der Waals surface area contributed by atoms with Crippen molar-refractivity contribution in [2.75, 3.05) is 43.0 Å². The van der Waals surface area contributed by atoms with Gasteiger partial charge < -0.3 is 19.9 Å². The van der Waals surface area contributed by atoms with Crippen LogP contribution in [0.3, 0.4) is 0 Å². The topological polar surface area (TPSA) is 61.9 Å². The van der Waals surface area contributed by atoms with E-state index in [9.17, 15) is 14.0 Å². The minimum Gasteiger partial charge on any atom is -0.479 e. The molecule has 7 heteroatoms. The molecule has 2 heterocycles. The third-order valence-electron chi connectivity index (χ3n) is 4.60. The van der Waals surface area contributed by atoms with Gasteiger partial charge in [-0.1, -0.05) is 12.1 Å². The third kappa shape index (κ3) is 3.08. The predicted molar refractivity (Wildman–Crippen MR) is 95.1 cm³/mol. The van der Waals surface area contributed by atoms with E-state index in [4.69, 9.17) is 4.74 Å². The summed E-state index contributed by atoms with van der Waals surface area (Å²) in [5.41, 5.74) is 1.93. The van der Waals surface area contributed by atoms with Crippen molar-refractivity contribution in [2.45, 2.75) is 0 Å². The number of benzene rings is 2. The van der Waals surface area contributed by atoms with Gasteiger partial charge in [0, 0.05) is 31.7 Å². The maximum absolute atomic E-state index is 13.3. The Balaban J connectivity index is 1.47. The Morgan fingerprint density at radius 1 is 1.08 bits per heavy atom. The van der Waals surface area contributed by atoms with E-state index in [1.165, 1.54) is 12.1 Å². The highest BCUT2D eigenvalue weighted by molar-refractivity contribution is 5.97. The van der Waals surface area contributed by atoms with Gasteiger partial charge in [0.05, 0.1) is 11.4 Å². The molecule has 134 valence electrons. The highest BCUT2D eigenvalue weighted by Gasteiger charge is 2.26. The van der Waals surface area contributed by atoms with Gasteiger partial charge in [-0.25, -0.2) is 4.39 Å². The zero-order valence-electron chi connectivity index (χ0n) is 14.1. The van der Waals surface area contributed by atoms with Crippen LogP contribution in [0.15, 0.2) is 42.5 Å². The monoisotopic (exact) mass is 355 g/mol. The molecule has 2 aliphatic heterocycles. The van der Waals surface area contributed by atoms with Crippen molar-refractivity contribution in [1.29, 1.82) is 0 Å². The van der Waals surface area contributed by atoms with E-state index >= 15 is 0 Å². The number of nitrogens with one attached hydrogen (secondary N) is 1. The standard InChI is InChI=1S/C19H18FN3O3/c20-14-4-1-3-13(11-14)19(25)23-9-7-22(8-10-23)16-6-2-5-15-18(16)26-12-17(24)21-15/h1-6,11H,7-10,12H2,(H,21,24). The van der Waals surface area contributed by atoms with Crippen LogP contribution in [0.2, 0.25) is 0 Å². The smallest absolute Gasteiger partial charge is 0.262 e. The number of nitrogens with zero attached hydrogens (tertiary/aromatic N) is 2. The molecule has 0 aromatic heterocycles. The predicted octanol–water partition coefficient (Wildman–Crippen LogP) is 2.12. The largest absolute Gasteiger partial charge is 0.479 e. The Morgan fingerprint density at radius 3 is 2.62 bits per heavy atom. The lowest BCUT2D eigenvalue weighted by molar-refractivity contribution is -0.118. The number of hydrogen-bond acceptors (Lipinski definition) is 4. The lowest BCUT2D eigenvalue weighted by Gasteiger charge is -2.37. The highest BCUT2D eigenvalue weighted by Crippen LogP contribution is 2.38. The number of rotatable bonds is 2. The first-order chi connectivity index (χ1) is 12.6. The molecule has 0 aliphatic carbocycles. The summed E-state index contributed by atoms with van der Waals surface area (Å²) in [4.78, 5) is 27.9. The molecule has 0 radical (unpaired) electrons. The van der Waals surface area contributed by atoms with Gasteiger partial charge in [-0.15, -0.1) is 0 Å². The Kier molecular flexibility index (Phi) is 4.20. The zero-order valence-corrected chi connectivity index (χ0v) is 14.1. The molecule has 2 aromatic rings. The fourth-order valence-corrected chi connectivity index (χ4v) is 3.30. The van der Waals surface area contributed by atoms with Crippen LogP contribution in [0.5, 0.6) is 5.75 Å². The van der Waals surface area contributed by atoms with Crippen LogP contribution in [0, 0.1) is 5.82 Å². The van der Waals surface area contributed by atoms with Crippen LogP contribution in [0.25, 0.3) is 0 Å². The number of carbonyl (C=O) groups is 2. The first-order valence-electron chi connectivity index (χ1n) is 8.47. The van der Waals surface area contributed by atoms with Crippen molar-refractivity contribution >= 4 is 23.2 Å². The van der Waals surface area contributed by atoms with E-state index in [0.717, 1.165) is 5.69 Å². The Hall–Kier alpha value is -3.09. The lowest BCUT2D eigenvalue weighted by atomic mass is 10.1. The van der Waals surface area contributed by atoms with Crippen molar-refractivity contribution in [3.63, 3.8) is 0 Å². The molecule has 1 saturated heterocycles. The molecule has 0 spiro atoms. The maximum Gasteiger partial charge on any atom is 0.262 e. The van der Waals surface area contributed by atoms with Crippen LogP contribution in [0.4, 0.5) is 15.8 Å². The Morgan fingerprint density at radius 2 is 1.85 bits per heavy atom. The molecule has 0 bridgehead atoms. The minimum absolute atomic E-state index is 0.00202. The molecule has 6 nitrogen and oxygen atoms in total. The molecule has 1 fully saturated rings. The quantitative estimate of drug-likeness (QED) is 0.896. The fourth-order valence-electron chi connectivity index (χ4n) is 3.30. The normalized spacial score (nSPS) is 16.6. The fraction of sp³-hybridized carbons (Fsp3) is 0.263. The number of halogens is 1. The van der Waals surface area contributed by atoms with Gasteiger partial charge in [-0.05, 0) is 30.3 Å². The summed E-state index contributed by atoms with van der Waals surface area (Å²) in [6, 6.07) is 11.4. The van der Waals surface area contributed by atoms with Gasteiger partial charge in [0.2, 0.25) is 0 Å². The van der Waals surface area contributed by atoms with Gasteiger partial charge in [0.1, 0.15) is 5.82 Å². The molecule has 1 N–H and O–H groups in total. The van der Waals surface area contributed by atoms with Gasteiger partial charge in [0.25, 0.3) is 11.8 Å². The molecule has 0 unspecified atom stereocenters. The molecular formula is C19H18FN3O3. The number of piperazine rings is 1. The summed E-state index contributed by atoms with van der Waals surface area (Å²) in [6.07, 6.45) is 0. The van der Waals surface area contributed by atoms with Crippen molar-refractivity contribution in [2.24, 2.45) is 0 Å². The van der Waals surface area contributed by atoms with Crippen LogP contribution < -0.4 is 15.0 Å². The van der Waals surface area contributed by atoms with E-state index in [1.807, 2.05) is 12.1 Å². The second-order valence-electron chi connectivity index (χ2n) is 6.28. The van der Waals surface area contributed by atoms with Crippen LogP contribution in [-0.4, -0.2) is 49.5 Å². The second kappa shape index (κ2) is 6.67. The molecule has 26 heavy (non-hydrogen) atoms. The maximum atomic E-state index is 13.3. The van der Waals surface area contributed by atoms with E-state index < -0.39 is 5.82 Å². The minimum atomic E-state index is -0.412. The van der Waals surface area contributed by atoms with E-state index in [-0.39, 0.29) is 18.4 Å². The number of anilines is 2. The van der Waals surface area contributed by atoms with E-state index in [1.54, 1.807) is 23.1 Å². The Bertz CT molecular complexity index is 863. The third-order valence-corrected chi connectivity index (χ3v) is 4.60. The average Bonchev–Trinajstić information content (AvgIpc) is 2.67. The van der Waals surface area contributed by atoms with E-state index in [0.29, 0.717) is 43.2 Å². The molecule has 2 amide bonds. The SMILES string of the molecule is O=C1COc2c(cccc2N2CCN(C(=O)c3cccc(F)c3)CC2)N1. The lowest BCUT2D eigenvalue weighted by Crippen LogP contribution is -2.49. The van der Waals surface area contributed by atoms with Crippen molar-refractivity contribution in [3.8, 4) is 5.75 Å². The molecule has 2 aliphatic rings. The number of hydrogen-bond donors (Lipinski definition) is 1. The van der Waals surface area contributed by atoms with Crippen LogP contribution in [0.1, 0.15) is 10.4 Å². The number of para-hydroxylation sites is 1. The van der Waals surface area contributed by atoms with Crippen LogP contribution in [-0.2, 0) is 4.79 Å². The molecular weight excluding hydrogens is 337 g/mol. The first kappa shape index (κ1) is 16.4. The molecule has 2 aromatic carbocycles. The van der Waals surface area contributed by atoms with Gasteiger partial charge >= 0.3 is 0 Å². The summed E-state index contributed by atoms with van der Waals surface area (Å²) in [6.45, 7) is 2.34. The van der Waals surface area contributed by atoms with Crippen LogP contribution >= 0.6 is 0 Å². The van der Waals surface area contributed by atoms with Gasteiger partial charge in [-0.2, -0.15) is 0 Å². The molecule has 0 atom stereocenters. The van der Waals surface area contributed by atoms with Crippen molar-refractivity contribution in [1.82, 2.24) is 4.90 Å². The highest BCUT2D eigenvalue weighted by atomic mass is 19.1. The summed E-state index contributed by atoms with van der Waals surface area (Å²) in [7, 11) is 0. The van der Waals surface area contributed by atoms with Crippen molar-refractivity contribution < 1.29 is 18.7 Å².